The molecule has 0 heterocycles. The number of aliphatic hydroxyl groups is 1. The van der Waals surface area contributed by atoms with Gasteiger partial charge in [0, 0.05) is 11.3 Å². The van der Waals surface area contributed by atoms with Crippen LogP contribution in [0.1, 0.15) is 20.3 Å². The lowest BCUT2D eigenvalue weighted by Crippen LogP contribution is -2.43. The maximum Gasteiger partial charge on any atom is 0.237 e. The summed E-state index contributed by atoms with van der Waals surface area (Å²) in [4.78, 5) is 11.5. The van der Waals surface area contributed by atoms with Crippen LogP contribution in [0, 0.1) is 17.2 Å². The maximum atomic E-state index is 11.5. The van der Waals surface area contributed by atoms with Gasteiger partial charge in [-0.2, -0.15) is 17.0 Å². The van der Waals surface area contributed by atoms with Gasteiger partial charge in [-0.25, -0.2) is 0 Å². The Morgan fingerprint density at radius 3 is 2.60 bits per heavy atom. The fraction of sp³-hybridized carbons (Fsp3) is 0.800. The minimum atomic E-state index is -0.589. The predicted octanol–water partition coefficient (Wildman–Crippen LogP) is 0.765. The lowest BCUT2D eigenvalue weighted by Gasteiger charge is -2.22. The monoisotopic (exact) mass is 230 g/mol. The second-order valence-electron chi connectivity index (χ2n) is 3.34. The van der Waals surface area contributed by atoms with Crippen molar-refractivity contribution in [2.45, 2.75) is 31.6 Å². The average molecular weight is 230 g/mol. The lowest BCUT2D eigenvalue weighted by atomic mass is 10.1. The summed E-state index contributed by atoms with van der Waals surface area (Å²) in [7, 11) is 0. The van der Waals surface area contributed by atoms with Crippen LogP contribution >= 0.6 is 11.8 Å². The molecular weight excluding hydrogens is 212 g/mol. The van der Waals surface area contributed by atoms with Crippen molar-refractivity contribution in [3.05, 3.63) is 0 Å². The van der Waals surface area contributed by atoms with E-state index in [2.05, 4.69) is 5.32 Å². The van der Waals surface area contributed by atoms with Gasteiger partial charge in [-0.15, -0.1) is 0 Å². The van der Waals surface area contributed by atoms with Crippen molar-refractivity contribution in [2.75, 3.05) is 12.9 Å². The smallest absolute Gasteiger partial charge is 0.237 e. The molecule has 0 saturated carbocycles. The maximum absolute atomic E-state index is 11.5. The predicted molar refractivity (Wildman–Crippen MR) is 61.4 cm³/mol. The summed E-state index contributed by atoms with van der Waals surface area (Å²) >= 11 is 1.50. The van der Waals surface area contributed by atoms with E-state index in [1.54, 1.807) is 6.92 Å². The molecule has 5 heteroatoms. The number of hydrogen-bond donors (Lipinski definition) is 2. The summed E-state index contributed by atoms with van der Waals surface area (Å²) in [5.41, 5.74) is 0. The Bertz CT molecular complexity index is 236. The summed E-state index contributed by atoms with van der Waals surface area (Å²) in [5, 5.41) is 20.4. The second-order valence-corrected chi connectivity index (χ2v) is 4.42. The van der Waals surface area contributed by atoms with E-state index >= 15 is 0 Å². The number of carbonyl (C=O) groups excluding carboxylic acids is 1. The van der Waals surface area contributed by atoms with Gasteiger partial charge in [0.15, 0.2) is 0 Å². The molecular formula is C10H18N2O2S. The van der Waals surface area contributed by atoms with E-state index in [9.17, 15) is 4.79 Å². The summed E-state index contributed by atoms with van der Waals surface area (Å²) in [6, 6.07) is 1.83. The topological polar surface area (TPSA) is 73.1 Å². The number of amides is 1. The molecule has 1 amide bonds. The molecule has 2 N–H and O–H groups in total. The number of rotatable bonds is 6. The zero-order valence-electron chi connectivity index (χ0n) is 9.36. The highest BCUT2D eigenvalue weighted by molar-refractivity contribution is 7.99. The molecule has 15 heavy (non-hydrogen) atoms. The molecule has 0 fully saturated rings. The van der Waals surface area contributed by atoms with Crippen LogP contribution in [0.25, 0.3) is 0 Å². The standard InChI is InChI=1S/C10H18N2O2S/c1-4-8(5-11)10(14)12-7(2)9(6-13)15-3/h7-9,13H,4,6H2,1-3H3,(H,12,14). The molecule has 0 aromatic rings. The van der Waals surface area contributed by atoms with Gasteiger partial charge in [0.1, 0.15) is 5.92 Å². The highest BCUT2D eigenvalue weighted by Crippen LogP contribution is 2.11. The minimum Gasteiger partial charge on any atom is -0.395 e. The number of nitrogens with one attached hydrogen (secondary N) is 1. The van der Waals surface area contributed by atoms with Crippen molar-refractivity contribution >= 4 is 17.7 Å². The van der Waals surface area contributed by atoms with E-state index in [4.69, 9.17) is 10.4 Å². The summed E-state index contributed by atoms with van der Waals surface area (Å²) in [5.74, 6) is -0.839. The largest absolute Gasteiger partial charge is 0.395 e. The van der Waals surface area contributed by atoms with Crippen LogP contribution in [-0.2, 0) is 4.79 Å². The zero-order chi connectivity index (χ0) is 11.8. The quantitative estimate of drug-likeness (QED) is 0.706. The van der Waals surface area contributed by atoms with E-state index in [-0.39, 0.29) is 23.8 Å². The first kappa shape index (κ1) is 14.3. The molecule has 0 aliphatic rings. The minimum absolute atomic E-state index is 0.0198. The second kappa shape index (κ2) is 7.55. The van der Waals surface area contributed by atoms with Crippen LogP contribution in [-0.4, -0.2) is 35.2 Å². The van der Waals surface area contributed by atoms with Gasteiger partial charge in [0.2, 0.25) is 5.91 Å². The van der Waals surface area contributed by atoms with Crippen molar-refractivity contribution in [1.82, 2.24) is 5.32 Å². The van der Waals surface area contributed by atoms with Gasteiger partial charge in [-0.05, 0) is 19.6 Å². The van der Waals surface area contributed by atoms with E-state index in [0.29, 0.717) is 6.42 Å². The Hall–Kier alpha value is -0.730. The molecule has 0 aromatic carbocycles. The molecule has 0 bridgehead atoms. The number of carbonyl (C=O) groups is 1. The van der Waals surface area contributed by atoms with Crippen molar-refractivity contribution in [3.8, 4) is 6.07 Å². The molecule has 86 valence electrons. The SMILES string of the molecule is CCC(C#N)C(=O)NC(C)C(CO)SC. The fourth-order valence-electron chi connectivity index (χ4n) is 1.19. The molecule has 0 rings (SSSR count). The molecule has 3 atom stereocenters. The Kier molecular flexibility index (Phi) is 7.18. The normalized spacial score (nSPS) is 16.2. The molecule has 3 unspecified atom stereocenters. The van der Waals surface area contributed by atoms with Crippen LogP contribution in [0.15, 0.2) is 0 Å². The van der Waals surface area contributed by atoms with Crippen LogP contribution in [0.5, 0.6) is 0 Å². The van der Waals surface area contributed by atoms with E-state index in [1.165, 1.54) is 11.8 Å². The molecule has 4 nitrogen and oxygen atoms in total. The Morgan fingerprint density at radius 1 is 1.67 bits per heavy atom. The lowest BCUT2D eigenvalue weighted by molar-refractivity contribution is -0.124. The summed E-state index contributed by atoms with van der Waals surface area (Å²) in [6.07, 6.45) is 2.39. The van der Waals surface area contributed by atoms with Crippen LogP contribution < -0.4 is 5.32 Å². The third kappa shape index (κ3) is 4.54. The van der Waals surface area contributed by atoms with Crippen molar-refractivity contribution < 1.29 is 9.90 Å². The van der Waals surface area contributed by atoms with E-state index in [0.717, 1.165) is 0 Å². The highest BCUT2D eigenvalue weighted by atomic mass is 32.2. The first-order valence-electron chi connectivity index (χ1n) is 4.94. The molecule has 0 spiro atoms. The van der Waals surface area contributed by atoms with Crippen molar-refractivity contribution in [3.63, 3.8) is 0 Å². The third-order valence-electron chi connectivity index (χ3n) is 2.29. The van der Waals surface area contributed by atoms with Gasteiger partial charge in [-0.3, -0.25) is 4.79 Å². The average Bonchev–Trinajstić information content (AvgIpc) is 2.21. The number of aliphatic hydroxyl groups excluding tert-OH is 1. The van der Waals surface area contributed by atoms with E-state index in [1.807, 2.05) is 19.2 Å². The summed E-state index contributed by atoms with van der Waals surface area (Å²) < 4.78 is 0. The Morgan fingerprint density at radius 2 is 2.27 bits per heavy atom. The van der Waals surface area contributed by atoms with Crippen molar-refractivity contribution in [1.29, 1.82) is 5.26 Å². The van der Waals surface area contributed by atoms with E-state index < -0.39 is 5.92 Å². The van der Waals surface area contributed by atoms with Gasteiger partial charge in [0.25, 0.3) is 0 Å². The Balaban J connectivity index is 4.22. The molecule has 0 aliphatic heterocycles. The molecule has 0 aromatic heterocycles. The number of nitriles is 1. The third-order valence-corrected chi connectivity index (χ3v) is 3.45. The zero-order valence-corrected chi connectivity index (χ0v) is 10.2. The number of hydrogen-bond acceptors (Lipinski definition) is 4. The number of thioether (sulfide) groups is 1. The van der Waals surface area contributed by atoms with Gasteiger partial charge in [-0.1, -0.05) is 6.92 Å². The fourth-order valence-corrected chi connectivity index (χ4v) is 1.82. The van der Waals surface area contributed by atoms with Crippen LogP contribution in [0.4, 0.5) is 0 Å². The van der Waals surface area contributed by atoms with Gasteiger partial charge < -0.3 is 10.4 Å². The molecule has 0 saturated heterocycles. The molecule has 0 radical (unpaired) electrons. The number of nitrogens with zero attached hydrogens (tertiary/aromatic N) is 1. The molecule has 0 aliphatic carbocycles. The van der Waals surface area contributed by atoms with Crippen LogP contribution in [0.3, 0.4) is 0 Å². The Labute approximate surface area is 95.0 Å². The first-order chi connectivity index (χ1) is 7.10. The van der Waals surface area contributed by atoms with Crippen molar-refractivity contribution in [2.24, 2.45) is 5.92 Å². The summed E-state index contributed by atoms with van der Waals surface area (Å²) in [6.45, 7) is 3.65. The van der Waals surface area contributed by atoms with Gasteiger partial charge >= 0.3 is 0 Å². The highest BCUT2D eigenvalue weighted by Gasteiger charge is 2.21. The van der Waals surface area contributed by atoms with Crippen LogP contribution in [0.2, 0.25) is 0 Å². The first-order valence-corrected chi connectivity index (χ1v) is 6.23. The van der Waals surface area contributed by atoms with Gasteiger partial charge in [0.05, 0.1) is 12.7 Å².